The van der Waals surface area contributed by atoms with Crippen molar-refractivity contribution in [2.75, 3.05) is 12.3 Å². The highest BCUT2D eigenvalue weighted by Gasteiger charge is 2.22. The van der Waals surface area contributed by atoms with Crippen molar-refractivity contribution in [1.29, 1.82) is 0 Å². The number of nitrogens with one attached hydrogen (secondary N) is 1. The number of hydrogen-bond donors (Lipinski definition) is 3. The summed E-state index contributed by atoms with van der Waals surface area (Å²) in [6.45, 7) is 6.76. The molecule has 0 saturated heterocycles. The van der Waals surface area contributed by atoms with Crippen LogP contribution in [0.15, 0.2) is 11.0 Å². The maximum absolute atomic E-state index is 12.2. The maximum atomic E-state index is 12.2. The molecular formula is C12H20N2O3S. The van der Waals surface area contributed by atoms with Gasteiger partial charge < -0.3 is 10.8 Å². The van der Waals surface area contributed by atoms with E-state index in [1.807, 2.05) is 6.92 Å². The van der Waals surface area contributed by atoms with Crippen molar-refractivity contribution in [3.8, 4) is 0 Å². The van der Waals surface area contributed by atoms with Gasteiger partial charge in [-0.3, -0.25) is 0 Å². The summed E-state index contributed by atoms with van der Waals surface area (Å²) in [6.07, 6.45) is -0.733. The second-order valence-corrected chi connectivity index (χ2v) is 6.28. The molecular weight excluding hydrogens is 252 g/mol. The first-order chi connectivity index (χ1) is 8.16. The lowest BCUT2D eigenvalue weighted by atomic mass is 10.1. The van der Waals surface area contributed by atoms with Crippen LogP contribution < -0.4 is 10.5 Å². The Morgan fingerprint density at radius 1 is 1.33 bits per heavy atom. The number of nitrogens with two attached hydrogens (primary N) is 1. The molecule has 1 rings (SSSR count). The molecule has 18 heavy (non-hydrogen) atoms. The topological polar surface area (TPSA) is 92.4 Å². The summed E-state index contributed by atoms with van der Waals surface area (Å²) in [5.74, 6) is 0. The van der Waals surface area contributed by atoms with E-state index in [-0.39, 0.29) is 11.4 Å². The molecule has 0 radical (unpaired) electrons. The van der Waals surface area contributed by atoms with Crippen LogP contribution in [-0.4, -0.2) is 26.2 Å². The van der Waals surface area contributed by atoms with E-state index in [4.69, 9.17) is 10.8 Å². The molecule has 4 N–H and O–H groups in total. The SMILES string of the molecule is Cc1cc(C)c(S(=O)(=O)NC[C@@H](C)O)c(C)c1N. The van der Waals surface area contributed by atoms with Crippen LogP contribution in [0.4, 0.5) is 5.69 Å². The normalized spacial score (nSPS) is 13.6. The van der Waals surface area contributed by atoms with Gasteiger partial charge in [0.1, 0.15) is 0 Å². The predicted molar refractivity (Wildman–Crippen MR) is 71.9 cm³/mol. The van der Waals surface area contributed by atoms with Gasteiger partial charge in [0.15, 0.2) is 0 Å². The first kappa shape index (κ1) is 14.9. The summed E-state index contributed by atoms with van der Waals surface area (Å²) in [5.41, 5.74) is 8.40. The molecule has 1 aromatic carbocycles. The Morgan fingerprint density at radius 3 is 2.39 bits per heavy atom. The Kier molecular flexibility index (Phi) is 4.37. The third-order valence-electron chi connectivity index (χ3n) is 2.80. The monoisotopic (exact) mass is 272 g/mol. The fraction of sp³-hybridized carbons (Fsp3) is 0.500. The molecule has 0 saturated carbocycles. The van der Waals surface area contributed by atoms with E-state index in [1.54, 1.807) is 19.9 Å². The molecule has 0 aliphatic heterocycles. The molecule has 0 aromatic heterocycles. The van der Waals surface area contributed by atoms with Crippen molar-refractivity contribution in [2.24, 2.45) is 0 Å². The van der Waals surface area contributed by atoms with Gasteiger partial charge in [0.05, 0.1) is 11.0 Å². The van der Waals surface area contributed by atoms with Crippen LogP contribution in [0.5, 0.6) is 0 Å². The number of benzene rings is 1. The molecule has 1 aromatic rings. The average Bonchev–Trinajstić information content (AvgIpc) is 2.23. The summed E-state index contributed by atoms with van der Waals surface area (Å²) < 4.78 is 26.7. The van der Waals surface area contributed by atoms with Gasteiger partial charge in [0.2, 0.25) is 10.0 Å². The van der Waals surface area contributed by atoms with E-state index in [9.17, 15) is 8.42 Å². The van der Waals surface area contributed by atoms with Gasteiger partial charge in [-0.25, -0.2) is 13.1 Å². The van der Waals surface area contributed by atoms with E-state index in [1.165, 1.54) is 6.92 Å². The van der Waals surface area contributed by atoms with Gasteiger partial charge in [0.25, 0.3) is 0 Å². The van der Waals surface area contributed by atoms with Crippen LogP contribution >= 0.6 is 0 Å². The van der Waals surface area contributed by atoms with Gasteiger partial charge >= 0.3 is 0 Å². The van der Waals surface area contributed by atoms with Gasteiger partial charge in [-0.1, -0.05) is 6.07 Å². The number of aryl methyl sites for hydroxylation is 2. The Labute approximate surface area is 108 Å². The van der Waals surface area contributed by atoms with E-state index in [0.29, 0.717) is 16.8 Å². The Morgan fingerprint density at radius 2 is 1.89 bits per heavy atom. The van der Waals surface area contributed by atoms with Crippen LogP contribution in [0.2, 0.25) is 0 Å². The number of aliphatic hydroxyl groups is 1. The molecule has 0 unspecified atom stereocenters. The lowest BCUT2D eigenvalue weighted by molar-refractivity contribution is 0.198. The minimum absolute atomic E-state index is 0.0189. The summed E-state index contributed by atoms with van der Waals surface area (Å²) in [7, 11) is -3.65. The Hall–Kier alpha value is -1.11. The number of anilines is 1. The van der Waals surface area contributed by atoms with Gasteiger partial charge in [-0.2, -0.15) is 0 Å². The molecule has 6 heteroatoms. The van der Waals surface area contributed by atoms with Crippen molar-refractivity contribution in [2.45, 2.75) is 38.7 Å². The van der Waals surface area contributed by atoms with Crippen molar-refractivity contribution < 1.29 is 13.5 Å². The smallest absolute Gasteiger partial charge is 0.241 e. The highest BCUT2D eigenvalue weighted by Crippen LogP contribution is 2.27. The zero-order valence-electron chi connectivity index (χ0n) is 11.1. The summed E-state index contributed by atoms with van der Waals surface area (Å²) in [5, 5.41) is 9.15. The van der Waals surface area contributed by atoms with Crippen molar-refractivity contribution >= 4 is 15.7 Å². The number of hydrogen-bond acceptors (Lipinski definition) is 4. The molecule has 0 aliphatic carbocycles. The standard InChI is InChI=1S/C12H20N2O3S/c1-7-5-8(2)12(10(4)11(7)13)18(16,17)14-6-9(3)15/h5,9,14-15H,6,13H2,1-4H3/t9-/m1/s1. The first-order valence-corrected chi connectivity index (χ1v) is 7.19. The fourth-order valence-electron chi connectivity index (χ4n) is 1.90. The first-order valence-electron chi connectivity index (χ1n) is 5.70. The molecule has 5 nitrogen and oxygen atoms in total. The van der Waals surface area contributed by atoms with Gasteiger partial charge in [0, 0.05) is 12.2 Å². The van der Waals surface area contributed by atoms with Crippen molar-refractivity contribution in [1.82, 2.24) is 4.72 Å². The van der Waals surface area contributed by atoms with Crippen LogP contribution in [0.3, 0.4) is 0 Å². The molecule has 0 bridgehead atoms. The minimum Gasteiger partial charge on any atom is -0.398 e. The third-order valence-corrected chi connectivity index (χ3v) is 4.51. The minimum atomic E-state index is -3.65. The van der Waals surface area contributed by atoms with E-state index < -0.39 is 16.1 Å². The van der Waals surface area contributed by atoms with E-state index >= 15 is 0 Å². The number of aliphatic hydroxyl groups excluding tert-OH is 1. The number of sulfonamides is 1. The predicted octanol–water partition coefficient (Wildman–Crippen LogP) is 0.853. The Balaban J connectivity index is 3.29. The summed E-state index contributed by atoms with van der Waals surface area (Å²) in [4.78, 5) is 0.200. The zero-order chi connectivity index (χ0) is 14.1. The van der Waals surface area contributed by atoms with Crippen LogP contribution in [0, 0.1) is 20.8 Å². The van der Waals surface area contributed by atoms with E-state index in [0.717, 1.165) is 5.56 Å². The van der Waals surface area contributed by atoms with Crippen LogP contribution in [0.25, 0.3) is 0 Å². The van der Waals surface area contributed by atoms with Crippen LogP contribution in [-0.2, 0) is 10.0 Å². The van der Waals surface area contributed by atoms with Gasteiger partial charge in [-0.05, 0) is 44.4 Å². The molecule has 0 amide bonds. The second-order valence-electron chi connectivity index (χ2n) is 4.58. The van der Waals surface area contributed by atoms with Gasteiger partial charge in [-0.15, -0.1) is 0 Å². The summed E-state index contributed by atoms with van der Waals surface area (Å²) >= 11 is 0. The van der Waals surface area contributed by atoms with E-state index in [2.05, 4.69) is 4.72 Å². The van der Waals surface area contributed by atoms with Crippen molar-refractivity contribution in [3.63, 3.8) is 0 Å². The highest BCUT2D eigenvalue weighted by atomic mass is 32.2. The molecule has 0 aliphatic rings. The number of nitrogen functional groups attached to an aromatic ring is 1. The second kappa shape index (κ2) is 5.26. The highest BCUT2D eigenvalue weighted by molar-refractivity contribution is 7.89. The lowest BCUT2D eigenvalue weighted by Gasteiger charge is -2.16. The molecule has 0 fully saturated rings. The maximum Gasteiger partial charge on any atom is 0.241 e. The Bertz CT molecular complexity index is 551. The quantitative estimate of drug-likeness (QED) is 0.709. The van der Waals surface area contributed by atoms with Crippen LogP contribution in [0.1, 0.15) is 23.6 Å². The van der Waals surface area contributed by atoms with Crippen molar-refractivity contribution in [3.05, 3.63) is 22.8 Å². The fourth-order valence-corrected chi connectivity index (χ4v) is 3.50. The summed E-state index contributed by atoms with van der Waals surface area (Å²) in [6, 6.07) is 1.75. The molecule has 1 atom stereocenters. The average molecular weight is 272 g/mol. The lowest BCUT2D eigenvalue weighted by Crippen LogP contribution is -2.31. The molecule has 0 heterocycles. The third kappa shape index (κ3) is 3.01. The largest absolute Gasteiger partial charge is 0.398 e. The molecule has 0 spiro atoms. The molecule has 102 valence electrons. The number of rotatable bonds is 4. The zero-order valence-corrected chi connectivity index (χ0v) is 11.9.